The Morgan fingerprint density at radius 1 is 1.00 bits per heavy atom. The molecule has 0 bridgehead atoms. The Labute approximate surface area is 181 Å². The lowest BCUT2D eigenvalue weighted by Gasteiger charge is -2.38. The summed E-state index contributed by atoms with van der Waals surface area (Å²) >= 11 is 0. The van der Waals surface area contributed by atoms with Gasteiger partial charge in [-0.2, -0.15) is 0 Å². The number of benzene rings is 1. The third-order valence-corrected chi connectivity index (χ3v) is 5.80. The highest BCUT2D eigenvalue weighted by Crippen LogP contribution is 2.21. The lowest BCUT2D eigenvalue weighted by Crippen LogP contribution is -2.54. The van der Waals surface area contributed by atoms with E-state index in [4.69, 9.17) is 4.52 Å². The monoisotopic (exact) mass is 425 g/mol. The van der Waals surface area contributed by atoms with E-state index in [1.165, 1.54) is 0 Å². The summed E-state index contributed by atoms with van der Waals surface area (Å²) in [5, 5.41) is 6.65. The molecular formula is C22H27N5O4. The summed E-state index contributed by atoms with van der Waals surface area (Å²) in [5.74, 6) is -0.131. The van der Waals surface area contributed by atoms with Crippen molar-refractivity contribution in [2.45, 2.75) is 19.8 Å². The molecule has 4 rings (SSSR count). The van der Waals surface area contributed by atoms with Crippen molar-refractivity contribution in [3.05, 3.63) is 47.9 Å². The predicted molar refractivity (Wildman–Crippen MR) is 113 cm³/mol. The molecule has 0 aliphatic carbocycles. The lowest BCUT2D eigenvalue weighted by atomic mass is 9.96. The van der Waals surface area contributed by atoms with Gasteiger partial charge in [-0.25, -0.2) is 4.79 Å². The molecule has 2 saturated heterocycles. The number of nitrogens with one attached hydrogen (secondary N) is 1. The Kier molecular flexibility index (Phi) is 6.20. The van der Waals surface area contributed by atoms with E-state index < -0.39 is 0 Å². The third-order valence-electron chi connectivity index (χ3n) is 5.80. The van der Waals surface area contributed by atoms with E-state index in [0.29, 0.717) is 45.0 Å². The molecule has 1 N–H and O–H groups in total. The molecule has 2 aromatic rings. The van der Waals surface area contributed by atoms with Crippen LogP contribution in [-0.4, -0.2) is 77.0 Å². The number of rotatable bonds is 3. The van der Waals surface area contributed by atoms with Crippen molar-refractivity contribution in [3.63, 3.8) is 0 Å². The SMILES string of the molecule is Cc1cc(C(=O)N2CCN(C(=O)C3CCCN(C(=O)Nc4ccccc4)C3)CC2)on1. The zero-order valence-electron chi connectivity index (χ0n) is 17.6. The zero-order valence-corrected chi connectivity index (χ0v) is 17.6. The minimum atomic E-state index is -0.213. The van der Waals surface area contributed by atoms with Crippen molar-refractivity contribution in [1.29, 1.82) is 0 Å². The van der Waals surface area contributed by atoms with Gasteiger partial charge in [-0.15, -0.1) is 0 Å². The number of para-hydroxylation sites is 1. The molecule has 164 valence electrons. The quantitative estimate of drug-likeness (QED) is 0.813. The largest absolute Gasteiger partial charge is 0.351 e. The molecule has 1 atom stereocenters. The van der Waals surface area contributed by atoms with E-state index in [1.807, 2.05) is 30.3 Å². The summed E-state index contributed by atoms with van der Waals surface area (Å²) in [7, 11) is 0. The van der Waals surface area contributed by atoms with Crippen molar-refractivity contribution >= 4 is 23.5 Å². The fourth-order valence-corrected chi connectivity index (χ4v) is 4.10. The van der Waals surface area contributed by atoms with Gasteiger partial charge >= 0.3 is 6.03 Å². The second-order valence-corrected chi connectivity index (χ2v) is 8.03. The van der Waals surface area contributed by atoms with E-state index in [1.54, 1.807) is 27.7 Å². The van der Waals surface area contributed by atoms with E-state index in [9.17, 15) is 14.4 Å². The maximum absolute atomic E-state index is 13.1. The summed E-state index contributed by atoms with van der Waals surface area (Å²) in [5.41, 5.74) is 1.40. The summed E-state index contributed by atoms with van der Waals surface area (Å²) < 4.78 is 5.06. The summed E-state index contributed by atoms with van der Waals surface area (Å²) in [6, 6.07) is 10.7. The summed E-state index contributed by atoms with van der Waals surface area (Å²) in [6.07, 6.45) is 1.56. The number of piperazine rings is 1. The van der Waals surface area contributed by atoms with Crippen LogP contribution < -0.4 is 5.32 Å². The van der Waals surface area contributed by atoms with Crippen LogP contribution in [0.2, 0.25) is 0 Å². The smallest absolute Gasteiger partial charge is 0.321 e. The van der Waals surface area contributed by atoms with Crippen molar-refractivity contribution in [2.75, 3.05) is 44.6 Å². The summed E-state index contributed by atoms with van der Waals surface area (Å²) in [6.45, 7) is 4.68. The number of piperidine rings is 1. The second kappa shape index (κ2) is 9.20. The molecule has 9 heteroatoms. The number of likely N-dealkylation sites (tertiary alicyclic amines) is 1. The van der Waals surface area contributed by atoms with Gasteiger partial charge in [0.2, 0.25) is 11.7 Å². The molecule has 2 fully saturated rings. The molecule has 1 aromatic carbocycles. The Morgan fingerprint density at radius 2 is 1.71 bits per heavy atom. The molecule has 1 aromatic heterocycles. The van der Waals surface area contributed by atoms with Crippen LogP contribution in [-0.2, 0) is 4.79 Å². The van der Waals surface area contributed by atoms with Gasteiger partial charge in [0.1, 0.15) is 0 Å². The number of aromatic nitrogens is 1. The molecule has 0 radical (unpaired) electrons. The maximum Gasteiger partial charge on any atom is 0.321 e. The predicted octanol–water partition coefficient (Wildman–Crippen LogP) is 2.21. The maximum atomic E-state index is 13.1. The highest BCUT2D eigenvalue weighted by molar-refractivity contribution is 5.92. The number of hydrogen-bond donors (Lipinski definition) is 1. The van der Waals surface area contributed by atoms with Gasteiger partial charge < -0.3 is 24.5 Å². The first-order chi connectivity index (χ1) is 15.0. The molecule has 4 amide bonds. The number of anilines is 1. The van der Waals surface area contributed by atoms with Gasteiger partial charge in [-0.3, -0.25) is 9.59 Å². The fraction of sp³-hybridized carbons (Fsp3) is 0.455. The zero-order chi connectivity index (χ0) is 21.8. The Morgan fingerprint density at radius 3 is 2.39 bits per heavy atom. The number of amides is 4. The molecule has 2 aliphatic heterocycles. The number of nitrogens with zero attached hydrogens (tertiary/aromatic N) is 4. The molecule has 31 heavy (non-hydrogen) atoms. The number of hydrogen-bond acceptors (Lipinski definition) is 5. The Balaban J connectivity index is 1.29. The van der Waals surface area contributed by atoms with Gasteiger partial charge in [0.25, 0.3) is 5.91 Å². The van der Waals surface area contributed by atoms with E-state index >= 15 is 0 Å². The average Bonchev–Trinajstić information content (AvgIpc) is 3.25. The number of aryl methyl sites for hydroxylation is 1. The second-order valence-electron chi connectivity index (χ2n) is 8.03. The highest BCUT2D eigenvalue weighted by atomic mass is 16.5. The number of carbonyl (C=O) groups is 3. The first kappa shape index (κ1) is 20.9. The van der Waals surface area contributed by atoms with Crippen LogP contribution in [0.4, 0.5) is 10.5 Å². The lowest BCUT2D eigenvalue weighted by molar-refractivity contribution is -0.138. The van der Waals surface area contributed by atoms with Gasteiger partial charge in [-0.05, 0) is 31.9 Å². The molecule has 9 nitrogen and oxygen atoms in total. The van der Waals surface area contributed by atoms with Crippen molar-refractivity contribution in [2.24, 2.45) is 5.92 Å². The Bertz CT molecular complexity index is 936. The minimum absolute atomic E-state index is 0.0554. The molecule has 2 aliphatic rings. The van der Waals surface area contributed by atoms with E-state index in [2.05, 4.69) is 10.5 Å². The Hall–Kier alpha value is -3.36. The average molecular weight is 425 g/mol. The first-order valence-corrected chi connectivity index (χ1v) is 10.6. The highest BCUT2D eigenvalue weighted by Gasteiger charge is 2.33. The number of urea groups is 1. The fourth-order valence-electron chi connectivity index (χ4n) is 4.10. The molecule has 0 saturated carbocycles. The van der Waals surface area contributed by atoms with Crippen LogP contribution in [0.1, 0.15) is 29.1 Å². The molecule has 1 unspecified atom stereocenters. The van der Waals surface area contributed by atoms with Crippen LogP contribution >= 0.6 is 0 Å². The van der Waals surface area contributed by atoms with Crippen LogP contribution in [0, 0.1) is 12.8 Å². The van der Waals surface area contributed by atoms with Crippen molar-refractivity contribution < 1.29 is 18.9 Å². The minimum Gasteiger partial charge on any atom is -0.351 e. The number of carbonyl (C=O) groups excluding carboxylic acids is 3. The van der Waals surface area contributed by atoms with Gasteiger partial charge in [0.05, 0.1) is 11.6 Å². The van der Waals surface area contributed by atoms with Crippen molar-refractivity contribution in [1.82, 2.24) is 19.9 Å². The third kappa shape index (κ3) is 4.87. The topological polar surface area (TPSA) is 99.0 Å². The normalized spacial score (nSPS) is 19.3. The summed E-state index contributed by atoms with van der Waals surface area (Å²) in [4.78, 5) is 43.4. The van der Waals surface area contributed by atoms with Crippen molar-refractivity contribution in [3.8, 4) is 0 Å². The van der Waals surface area contributed by atoms with E-state index in [-0.39, 0.29) is 29.5 Å². The van der Waals surface area contributed by atoms with Crippen LogP contribution in [0.15, 0.2) is 40.9 Å². The van der Waals surface area contributed by atoms with Gasteiger partial charge in [-0.1, -0.05) is 23.4 Å². The van der Waals surface area contributed by atoms with E-state index in [0.717, 1.165) is 18.5 Å². The van der Waals surface area contributed by atoms with Gasteiger partial charge in [0, 0.05) is 51.0 Å². The standard InChI is InChI=1S/C22H27N5O4/c1-16-14-19(31-24-16)21(29)26-12-10-25(11-13-26)20(28)17-6-5-9-27(15-17)22(30)23-18-7-3-2-4-8-18/h2-4,7-8,14,17H,5-6,9-13,15H2,1H3,(H,23,30). The van der Waals surface area contributed by atoms with Gasteiger partial charge in [0.15, 0.2) is 0 Å². The first-order valence-electron chi connectivity index (χ1n) is 10.6. The van der Waals surface area contributed by atoms with Crippen LogP contribution in [0.5, 0.6) is 0 Å². The molecular weight excluding hydrogens is 398 g/mol. The molecule has 3 heterocycles. The van der Waals surface area contributed by atoms with Crippen LogP contribution in [0.25, 0.3) is 0 Å². The van der Waals surface area contributed by atoms with Crippen LogP contribution in [0.3, 0.4) is 0 Å². The molecule has 0 spiro atoms.